The van der Waals surface area contributed by atoms with Crippen molar-refractivity contribution in [3.05, 3.63) is 18.2 Å². The van der Waals surface area contributed by atoms with E-state index < -0.39 is 20.1 Å². The molecule has 0 fully saturated rings. The largest absolute Gasteiger partial charge is 0.362 e. The van der Waals surface area contributed by atoms with Gasteiger partial charge in [0.05, 0.1) is 6.26 Å². The lowest BCUT2D eigenvalue weighted by atomic mass is 10.4. The van der Waals surface area contributed by atoms with Gasteiger partial charge >= 0.3 is 10.1 Å². The van der Waals surface area contributed by atoms with Crippen LogP contribution in [0.15, 0.2) is 23.2 Å². The number of rotatable bonds is 5. The molecule has 0 saturated heterocycles. The summed E-state index contributed by atoms with van der Waals surface area (Å²) in [5, 5.41) is -0.294. The van der Waals surface area contributed by atoms with Crippen LogP contribution in [0.1, 0.15) is 13.8 Å². The van der Waals surface area contributed by atoms with Crippen LogP contribution in [0.4, 0.5) is 0 Å². The molecule has 1 N–H and O–H groups in total. The molecule has 0 radical (unpaired) electrons. The van der Waals surface area contributed by atoms with Crippen molar-refractivity contribution in [1.82, 2.24) is 9.71 Å². The highest BCUT2D eigenvalue weighted by Gasteiger charge is 2.18. The van der Waals surface area contributed by atoms with Crippen LogP contribution in [0.5, 0.6) is 5.88 Å². The molecule has 102 valence electrons. The van der Waals surface area contributed by atoms with Gasteiger partial charge in [0, 0.05) is 12.1 Å². The highest BCUT2D eigenvalue weighted by Crippen LogP contribution is 2.13. The average molecular weight is 294 g/mol. The molecule has 0 aliphatic heterocycles. The maximum absolute atomic E-state index is 11.8. The SMILES string of the molecule is CC(C)NS(=O)(=O)c1cccc(OS(C)(=O)=O)n1. The van der Waals surface area contributed by atoms with E-state index in [1.54, 1.807) is 13.8 Å². The standard InChI is InChI=1S/C9H14N2O5S2/c1-7(2)11-18(14,15)9-6-4-5-8(10-9)16-17(3,12)13/h4-7,11H,1-3H3. The first-order valence-corrected chi connectivity index (χ1v) is 8.29. The van der Waals surface area contributed by atoms with Gasteiger partial charge in [-0.2, -0.15) is 13.4 Å². The first kappa shape index (κ1) is 14.9. The Morgan fingerprint density at radius 2 is 1.83 bits per heavy atom. The molecular weight excluding hydrogens is 280 g/mol. The van der Waals surface area contributed by atoms with Crippen molar-refractivity contribution in [3.8, 4) is 5.88 Å². The number of sulfonamides is 1. The normalized spacial score (nSPS) is 12.7. The van der Waals surface area contributed by atoms with Crippen LogP contribution >= 0.6 is 0 Å². The molecule has 0 unspecified atom stereocenters. The predicted octanol–water partition coefficient (Wildman–Crippen LogP) is 0.107. The Morgan fingerprint density at radius 1 is 1.22 bits per heavy atom. The van der Waals surface area contributed by atoms with Crippen LogP contribution in [-0.4, -0.2) is 34.1 Å². The lowest BCUT2D eigenvalue weighted by Gasteiger charge is -2.09. The van der Waals surface area contributed by atoms with Gasteiger partial charge in [-0.1, -0.05) is 6.07 Å². The number of pyridine rings is 1. The summed E-state index contributed by atoms with van der Waals surface area (Å²) in [5.41, 5.74) is 0. The Kier molecular flexibility index (Phi) is 4.30. The van der Waals surface area contributed by atoms with Gasteiger partial charge in [-0.25, -0.2) is 13.1 Å². The van der Waals surface area contributed by atoms with Crippen molar-refractivity contribution in [2.24, 2.45) is 0 Å². The number of nitrogens with zero attached hydrogens (tertiary/aromatic N) is 1. The van der Waals surface area contributed by atoms with Crippen molar-refractivity contribution in [2.45, 2.75) is 24.9 Å². The number of aromatic nitrogens is 1. The summed E-state index contributed by atoms with van der Waals surface area (Å²) in [5.74, 6) is -0.288. The maximum Gasteiger partial charge on any atom is 0.307 e. The molecule has 1 heterocycles. The average Bonchev–Trinajstić information content (AvgIpc) is 2.13. The van der Waals surface area contributed by atoms with Crippen LogP contribution in [0.25, 0.3) is 0 Å². The van der Waals surface area contributed by atoms with E-state index in [2.05, 4.69) is 13.9 Å². The minimum atomic E-state index is -3.77. The summed E-state index contributed by atoms with van der Waals surface area (Å²) in [7, 11) is -7.51. The molecule has 1 aromatic heterocycles. The molecule has 9 heteroatoms. The summed E-state index contributed by atoms with van der Waals surface area (Å²) >= 11 is 0. The van der Waals surface area contributed by atoms with E-state index in [0.717, 1.165) is 6.26 Å². The lowest BCUT2D eigenvalue weighted by molar-refractivity contribution is 0.478. The van der Waals surface area contributed by atoms with E-state index in [1.165, 1.54) is 18.2 Å². The van der Waals surface area contributed by atoms with Crippen molar-refractivity contribution in [2.75, 3.05) is 6.26 Å². The van der Waals surface area contributed by atoms with E-state index in [-0.39, 0.29) is 16.9 Å². The second kappa shape index (κ2) is 5.21. The van der Waals surface area contributed by atoms with Gasteiger partial charge < -0.3 is 4.18 Å². The monoisotopic (exact) mass is 294 g/mol. The second-order valence-corrected chi connectivity index (χ2v) is 7.11. The van der Waals surface area contributed by atoms with Gasteiger partial charge in [-0.05, 0) is 19.9 Å². The van der Waals surface area contributed by atoms with E-state index in [4.69, 9.17) is 0 Å². The maximum atomic E-state index is 11.8. The zero-order chi connectivity index (χ0) is 14.0. The first-order valence-electron chi connectivity index (χ1n) is 4.99. The molecule has 0 aliphatic rings. The van der Waals surface area contributed by atoms with Crippen molar-refractivity contribution in [3.63, 3.8) is 0 Å². The van der Waals surface area contributed by atoms with Crippen molar-refractivity contribution in [1.29, 1.82) is 0 Å². The summed E-state index contributed by atoms with van der Waals surface area (Å²) < 4.78 is 52.2. The molecule has 0 saturated carbocycles. The van der Waals surface area contributed by atoms with Gasteiger partial charge in [-0.3, -0.25) is 0 Å². The molecule has 1 rings (SSSR count). The Bertz CT molecular complexity index is 622. The number of hydrogen-bond acceptors (Lipinski definition) is 6. The fourth-order valence-electron chi connectivity index (χ4n) is 1.12. The fraction of sp³-hybridized carbons (Fsp3) is 0.444. The molecule has 0 bridgehead atoms. The molecule has 1 aromatic rings. The predicted molar refractivity (Wildman–Crippen MR) is 65.2 cm³/mol. The third kappa shape index (κ3) is 4.59. The van der Waals surface area contributed by atoms with Crippen LogP contribution < -0.4 is 8.91 Å². The zero-order valence-corrected chi connectivity index (χ0v) is 11.7. The van der Waals surface area contributed by atoms with Gasteiger partial charge in [0.1, 0.15) is 0 Å². The summed E-state index contributed by atoms with van der Waals surface area (Å²) in [4.78, 5) is 3.63. The fourth-order valence-corrected chi connectivity index (χ4v) is 2.73. The quantitative estimate of drug-likeness (QED) is 0.773. The number of hydrogen-bond donors (Lipinski definition) is 1. The Labute approximate surface area is 106 Å². The number of nitrogens with one attached hydrogen (secondary N) is 1. The molecule has 0 aliphatic carbocycles. The summed E-state index contributed by atoms with van der Waals surface area (Å²) in [6.45, 7) is 3.32. The zero-order valence-electron chi connectivity index (χ0n) is 10.1. The van der Waals surface area contributed by atoms with Crippen LogP contribution in [0.3, 0.4) is 0 Å². The lowest BCUT2D eigenvalue weighted by Crippen LogP contribution is -2.30. The molecule has 7 nitrogen and oxygen atoms in total. The van der Waals surface area contributed by atoms with E-state index in [1.807, 2.05) is 0 Å². The van der Waals surface area contributed by atoms with Crippen molar-refractivity contribution < 1.29 is 21.0 Å². The second-order valence-electron chi connectivity index (χ2n) is 3.88. The van der Waals surface area contributed by atoms with Crippen molar-refractivity contribution >= 4 is 20.1 Å². The third-order valence-corrected chi connectivity index (χ3v) is 3.63. The smallest absolute Gasteiger partial charge is 0.307 e. The first-order chi connectivity index (χ1) is 8.10. The van der Waals surface area contributed by atoms with Crippen LogP contribution in [0.2, 0.25) is 0 Å². The van der Waals surface area contributed by atoms with E-state index in [0.29, 0.717) is 0 Å². The van der Waals surface area contributed by atoms with Crippen LogP contribution in [0, 0.1) is 0 Å². The van der Waals surface area contributed by atoms with Gasteiger partial charge in [0.2, 0.25) is 5.88 Å². The minimum absolute atomic E-state index is 0.288. The molecule has 0 aromatic carbocycles. The highest BCUT2D eigenvalue weighted by atomic mass is 32.2. The Balaban J connectivity index is 3.10. The Morgan fingerprint density at radius 3 is 2.33 bits per heavy atom. The molecule has 0 spiro atoms. The molecule has 0 atom stereocenters. The summed E-state index contributed by atoms with van der Waals surface area (Å²) in [6.07, 6.45) is 0.849. The molecular formula is C9H14N2O5S2. The molecule has 0 amide bonds. The minimum Gasteiger partial charge on any atom is -0.362 e. The van der Waals surface area contributed by atoms with Gasteiger partial charge in [0.15, 0.2) is 5.03 Å². The van der Waals surface area contributed by atoms with Gasteiger partial charge in [0.25, 0.3) is 10.0 Å². The Hall–Kier alpha value is -1.19. The van der Waals surface area contributed by atoms with Crippen LogP contribution in [-0.2, 0) is 20.1 Å². The van der Waals surface area contributed by atoms with Gasteiger partial charge in [-0.15, -0.1) is 0 Å². The van der Waals surface area contributed by atoms with E-state index in [9.17, 15) is 16.8 Å². The highest BCUT2D eigenvalue weighted by molar-refractivity contribution is 7.89. The molecule has 18 heavy (non-hydrogen) atoms. The topological polar surface area (TPSA) is 102 Å². The third-order valence-electron chi connectivity index (χ3n) is 1.60. The summed E-state index contributed by atoms with van der Waals surface area (Å²) in [6, 6.07) is 3.56. The van der Waals surface area contributed by atoms with E-state index >= 15 is 0 Å².